The van der Waals surface area contributed by atoms with Crippen molar-refractivity contribution in [3.8, 4) is 34.7 Å². The highest BCUT2D eigenvalue weighted by atomic mass is 16.5. The van der Waals surface area contributed by atoms with Gasteiger partial charge in [-0.05, 0) is 48.9 Å². The maximum atomic E-state index is 11.2. The summed E-state index contributed by atoms with van der Waals surface area (Å²) >= 11 is 0. The number of nitrogens with zero attached hydrogens (tertiary/aromatic N) is 4. The van der Waals surface area contributed by atoms with Crippen LogP contribution in [-0.2, 0) is 11.3 Å². The summed E-state index contributed by atoms with van der Waals surface area (Å²) in [6.45, 7) is 0.821. The fraction of sp³-hybridized carbons (Fsp3) is 0.217. The number of fused-ring (bicyclic) bond motifs is 3. The summed E-state index contributed by atoms with van der Waals surface area (Å²) in [5.41, 5.74) is 3.96. The molecule has 3 heterocycles. The van der Waals surface area contributed by atoms with Crippen LogP contribution in [0.2, 0.25) is 0 Å². The Labute approximate surface area is 177 Å². The van der Waals surface area contributed by atoms with E-state index >= 15 is 0 Å². The molecular weight excluding hydrogens is 396 g/mol. The molecule has 0 unspecified atom stereocenters. The predicted molar refractivity (Wildman–Crippen MR) is 112 cm³/mol. The van der Waals surface area contributed by atoms with Crippen LogP contribution >= 0.6 is 0 Å². The molecule has 1 aliphatic heterocycles. The standard InChI is InChI=1S/C23H18N4O4/c1-30-20-5-3-15(9-17(20)12-24)23-25-22(26-31-23)14-2-4-18-16(8-14)10-19-13(11-21(28)29)6-7-27(18)19/h2-5,8-10,13H,6-7,11H2,1H3,(H,28,29)/t13-/m1/s1. The van der Waals surface area contributed by atoms with Crippen molar-refractivity contribution in [3.05, 3.63) is 53.7 Å². The van der Waals surface area contributed by atoms with Gasteiger partial charge in [-0.25, -0.2) is 0 Å². The number of methoxy groups -OCH3 is 1. The first-order valence-electron chi connectivity index (χ1n) is 9.85. The Kier molecular flexibility index (Phi) is 4.44. The van der Waals surface area contributed by atoms with Crippen LogP contribution in [-0.4, -0.2) is 32.9 Å². The van der Waals surface area contributed by atoms with Gasteiger partial charge in [-0.2, -0.15) is 10.2 Å². The van der Waals surface area contributed by atoms with Crippen LogP contribution in [0.15, 0.2) is 47.0 Å². The first-order valence-corrected chi connectivity index (χ1v) is 9.85. The second-order valence-electron chi connectivity index (χ2n) is 7.53. The number of aliphatic carboxylic acids is 1. The average molecular weight is 414 g/mol. The minimum atomic E-state index is -0.776. The summed E-state index contributed by atoms with van der Waals surface area (Å²) < 4.78 is 12.8. The SMILES string of the molecule is COc1ccc(-c2nc(-c3ccc4c(c3)cc3n4CC[C@@H]3CC(=O)O)no2)cc1C#N. The lowest BCUT2D eigenvalue weighted by molar-refractivity contribution is -0.137. The molecule has 1 N–H and O–H groups in total. The number of carboxylic acids is 1. The molecule has 0 saturated carbocycles. The molecule has 2 aromatic heterocycles. The summed E-state index contributed by atoms with van der Waals surface area (Å²) in [4.78, 5) is 15.6. The van der Waals surface area contributed by atoms with Gasteiger partial charge in [0.2, 0.25) is 5.82 Å². The van der Waals surface area contributed by atoms with Gasteiger partial charge >= 0.3 is 5.97 Å². The van der Waals surface area contributed by atoms with Gasteiger partial charge in [0, 0.05) is 40.2 Å². The fourth-order valence-electron chi connectivity index (χ4n) is 4.26. The molecule has 0 saturated heterocycles. The third-order valence-corrected chi connectivity index (χ3v) is 5.72. The predicted octanol–water partition coefficient (Wildman–Crippen LogP) is 4.20. The maximum Gasteiger partial charge on any atom is 0.304 e. The average Bonchev–Trinajstić information content (AvgIpc) is 3.49. The Morgan fingerprint density at radius 1 is 1.29 bits per heavy atom. The lowest BCUT2D eigenvalue weighted by atomic mass is 10.0. The zero-order valence-corrected chi connectivity index (χ0v) is 16.7. The van der Waals surface area contributed by atoms with Crippen molar-refractivity contribution in [2.75, 3.05) is 7.11 Å². The van der Waals surface area contributed by atoms with Crippen molar-refractivity contribution in [3.63, 3.8) is 0 Å². The molecule has 0 spiro atoms. The minimum absolute atomic E-state index is 0.0366. The molecule has 1 atom stereocenters. The molecule has 1 aliphatic rings. The number of benzene rings is 2. The Bertz CT molecular complexity index is 1360. The van der Waals surface area contributed by atoms with E-state index in [1.54, 1.807) is 18.2 Å². The quantitative estimate of drug-likeness (QED) is 0.520. The summed E-state index contributed by atoms with van der Waals surface area (Å²) in [6, 6.07) is 15.2. The normalized spacial score (nSPS) is 15.0. The highest BCUT2D eigenvalue weighted by Crippen LogP contribution is 2.37. The van der Waals surface area contributed by atoms with E-state index in [9.17, 15) is 10.1 Å². The molecule has 4 aromatic rings. The topological polar surface area (TPSA) is 114 Å². The highest BCUT2D eigenvalue weighted by Gasteiger charge is 2.27. The number of aryl methyl sites for hydroxylation is 1. The van der Waals surface area contributed by atoms with Gasteiger partial charge in [0.05, 0.1) is 19.1 Å². The molecule has 0 aliphatic carbocycles. The number of rotatable bonds is 5. The smallest absolute Gasteiger partial charge is 0.304 e. The molecule has 0 bridgehead atoms. The summed E-state index contributed by atoms with van der Waals surface area (Å²) in [5, 5.41) is 23.6. The van der Waals surface area contributed by atoms with Gasteiger partial charge in [0.25, 0.3) is 5.89 Å². The van der Waals surface area contributed by atoms with Crippen molar-refractivity contribution in [2.45, 2.75) is 25.3 Å². The van der Waals surface area contributed by atoms with Gasteiger partial charge in [0.15, 0.2) is 0 Å². The first kappa shape index (κ1) is 18.9. The van der Waals surface area contributed by atoms with Gasteiger partial charge in [-0.1, -0.05) is 5.16 Å². The number of hydrogen-bond donors (Lipinski definition) is 1. The molecule has 5 rings (SSSR count). The second kappa shape index (κ2) is 7.29. The third-order valence-electron chi connectivity index (χ3n) is 5.72. The second-order valence-corrected chi connectivity index (χ2v) is 7.53. The summed E-state index contributed by atoms with van der Waals surface area (Å²) in [6.07, 6.45) is 0.990. The van der Waals surface area contributed by atoms with Crippen molar-refractivity contribution >= 4 is 16.9 Å². The van der Waals surface area contributed by atoms with Gasteiger partial charge in [-0.3, -0.25) is 4.79 Å². The number of carboxylic acid groups (broad SMARTS) is 1. The van der Waals surface area contributed by atoms with Crippen LogP contribution in [0.5, 0.6) is 5.75 Å². The van der Waals surface area contributed by atoms with Crippen LogP contribution in [0.1, 0.15) is 30.0 Å². The number of carbonyl (C=O) groups is 1. The molecule has 0 fully saturated rings. The number of aromatic nitrogens is 3. The van der Waals surface area contributed by atoms with Crippen LogP contribution in [0.4, 0.5) is 0 Å². The number of hydrogen-bond acceptors (Lipinski definition) is 6. The molecule has 31 heavy (non-hydrogen) atoms. The van der Waals surface area contributed by atoms with Crippen molar-refractivity contribution in [1.29, 1.82) is 5.26 Å². The first-order chi connectivity index (χ1) is 15.1. The Morgan fingerprint density at radius 3 is 2.90 bits per heavy atom. The van der Waals surface area contributed by atoms with Gasteiger partial charge in [0.1, 0.15) is 11.8 Å². The number of nitriles is 1. The maximum absolute atomic E-state index is 11.2. The Hall–Kier alpha value is -4.12. The molecule has 0 radical (unpaired) electrons. The third kappa shape index (κ3) is 3.20. The van der Waals surface area contributed by atoms with Crippen LogP contribution in [0.25, 0.3) is 33.7 Å². The monoisotopic (exact) mass is 414 g/mol. The van der Waals surface area contributed by atoms with Crippen LogP contribution in [0.3, 0.4) is 0 Å². The minimum Gasteiger partial charge on any atom is -0.495 e. The van der Waals surface area contributed by atoms with E-state index in [-0.39, 0.29) is 12.3 Å². The highest BCUT2D eigenvalue weighted by molar-refractivity contribution is 5.86. The molecule has 8 nitrogen and oxygen atoms in total. The number of ether oxygens (including phenoxy) is 1. The van der Waals surface area contributed by atoms with Gasteiger partial charge in [-0.15, -0.1) is 0 Å². The lowest BCUT2D eigenvalue weighted by Crippen LogP contribution is -2.02. The van der Waals surface area contributed by atoms with Crippen molar-refractivity contribution in [2.24, 2.45) is 0 Å². The fourth-order valence-corrected chi connectivity index (χ4v) is 4.26. The van der Waals surface area contributed by atoms with E-state index in [2.05, 4.69) is 26.8 Å². The van der Waals surface area contributed by atoms with Crippen LogP contribution < -0.4 is 4.74 Å². The lowest BCUT2D eigenvalue weighted by Gasteiger charge is -2.04. The van der Waals surface area contributed by atoms with E-state index in [0.29, 0.717) is 28.6 Å². The van der Waals surface area contributed by atoms with E-state index in [4.69, 9.17) is 14.4 Å². The van der Waals surface area contributed by atoms with E-state index in [1.165, 1.54) is 7.11 Å². The molecule has 8 heteroatoms. The summed E-state index contributed by atoms with van der Waals surface area (Å²) in [5.74, 6) is 0.505. The molecule has 154 valence electrons. The molecular formula is C23H18N4O4. The van der Waals surface area contributed by atoms with E-state index in [1.807, 2.05) is 18.2 Å². The Morgan fingerprint density at radius 2 is 2.13 bits per heavy atom. The molecule has 0 amide bonds. The van der Waals surface area contributed by atoms with Crippen molar-refractivity contribution < 1.29 is 19.2 Å². The zero-order valence-electron chi connectivity index (χ0n) is 16.7. The zero-order chi connectivity index (χ0) is 21.5. The van der Waals surface area contributed by atoms with Crippen molar-refractivity contribution in [1.82, 2.24) is 14.7 Å². The van der Waals surface area contributed by atoms with E-state index < -0.39 is 5.97 Å². The summed E-state index contributed by atoms with van der Waals surface area (Å²) in [7, 11) is 1.51. The van der Waals surface area contributed by atoms with Crippen LogP contribution in [0, 0.1) is 11.3 Å². The largest absolute Gasteiger partial charge is 0.495 e. The van der Waals surface area contributed by atoms with E-state index in [0.717, 1.165) is 35.1 Å². The Balaban J connectivity index is 1.48. The van der Waals surface area contributed by atoms with Gasteiger partial charge < -0.3 is 18.9 Å². The molecule has 2 aromatic carbocycles.